The summed E-state index contributed by atoms with van der Waals surface area (Å²) in [7, 11) is 2.08. The number of aryl methyl sites for hydroxylation is 2. The molecular formula is C12H11N2S+. The Balaban J connectivity index is 2.61. The average Bonchev–Trinajstić information content (AvgIpc) is 2.65. The van der Waals surface area contributed by atoms with Crippen LogP contribution in [0.5, 0.6) is 0 Å². The van der Waals surface area contributed by atoms with E-state index < -0.39 is 0 Å². The van der Waals surface area contributed by atoms with Crippen molar-refractivity contribution in [1.29, 1.82) is 0 Å². The van der Waals surface area contributed by atoms with Crippen LogP contribution < -0.4 is 4.57 Å². The lowest BCUT2D eigenvalue weighted by molar-refractivity contribution is -0.645. The van der Waals surface area contributed by atoms with Crippen LogP contribution in [0.15, 0.2) is 29.9 Å². The quantitative estimate of drug-likeness (QED) is 0.527. The lowest BCUT2D eigenvalue weighted by Crippen LogP contribution is -2.28. The van der Waals surface area contributed by atoms with Gasteiger partial charge in [0.15, 0.2) is 6.20 Å². The van der Waals surface area contributed by atoms with Crippen LogP contribution in [0.25, 0.3) is 21.1 Å². The molecule has 2 heterocycles. The summed E-state index contributed by atoms with van der Waals surface area (Å²) >= 11 is 1.69. The van der Waals surface area contributed by atoms with Gasteiger partial charge in [0.05, 0.1) is 21.1 Å². The molecule has 0 aliphatic carbocycles. The Morgan fingerprint density at radius 1 is 1.33 bits per heavy atom. The van der Waals surface area contributed by atoms with Gasteiger partial charge < -0.3 is 0 Å². The van der Waals surface area contributed by atoms with Crippen molar-refractivity contribution < 1.29 is 4.57 Å². The SMILES string of the molecule is Cc1cc2c3ncsc3ccc2[n+](C)c1. The van der Waals surface area contributed by atoms with E-state index in [-0.39, 0.29) is 0 Å². The van der Waals surface area contributed by atoms with Gasteiger partial charge in [0.1, 0.15) is 7.05 Å². The van der Waals surface area contributed by atoms with Crippen molar-refractivity contribution in [2.75, 3.05) is 0 Å². The van der Waals surface area contributed by atoms with Crippen LogP contribution in [0.1, 0.15) is 5.56 Å². The van der Waals surface area contributed by atoms with Crippen molar-refractivity contribution in [2.24, 2.45) is 7.05 Å². The van der Waals surface area contributed by atoms with Crippen molar-refractivity contribution in [2.45, 2.75) is 6.92 Å². The fraction of sp³-hybridized carbons (Fsp3) is 0.167. The van der Waals surface area contributed by atoms with E-state index in [9.17, 15) is 0 Å². The molecule has 2 aromatic heterocycles. The predicted octanol–water partition coefficient (Wildman–Crippen LogP) is 2.58. The maximum Gasteiger partial charge on any atom is 0.214 e. The van der Waals surface area contributed by atoms with Gasteiger partial charge in [0, 0.05) is 11.6 Å². The molecule has 2 nitrogen and oxygen atoms in total. The van der Waals surface area contributed by atoms with Gasteiger partial charge in [0.25, 0.3) is 0 Å². The molecule has 0 saturated heterocycles. The summed E-state index contributed by atoms with van der Waals surface area (Å²) in [6.07, 6.45) is 2.14. The second kappa shape index (κ2) is 3.00. The number of benzene rings is 1. The summed E-state index contributed by atoms with van der Waals surface area (Å²) in [6, 6.07) is 6.51. The van der Waals surface area contributed by atoms with E-state index in [2.05, 4.69) is 47.9 Å². The zero-order valence-electron chi connectivity index (χ0n) is 8.69. The van der Waals surface area contributed by atoms with Crippen LogP contribution >= 0.6 is 11.3 Å². The molecule has 74 valence electrons. The van der Waals surface area contributed by atoms with Gasteiger partial charge in [-0.2, -0.15) is 0 Å². The summed E-state index contributed by atoms with van der Waals surface area (Å²) in [4.78, 5) is 4.43. The largest absolute Gasteiger partial charge is 0.244 e. The molecule has 0 saturated carbocycles. The molecule has 0 aliphatic heterocycles. The molecule has 0 atom stereocenters. The molecule has 1 aromatic carbocycles. The van der Waals surface area contributed by atoms with E-state index in [0.717, 1.165) is 5.52 Å². The number of thiazole rings is 1. The third-order valence-corrected chi connectivity index (χ3v) is 3.46. The Morgan fingerprint density at radius 3 is 3.07 bits per heavy atom. The van der Waals surface area contributed by atoms with Crippen molar-refractivity contribution in [1.82, 2.24) is 4.98 Å². The highest BCUT2D eigenvalue weighted by Gasteiger charge is 2.10. The highest BCUT2D eigenvalue weighted by atomic mass is 32.1. The number of hydrogen-bond donors (Lipinski definition) is 0. The maximum absolute atomic E-state index is 4.43. The van der Waals surface area contributed by atoms with Gasteiger partial charge in [0.2, 0.25) is 5.52 Å². The zero-order valence-corrected chi connectivity index (χ0v) is 9.51. The van der Waals surface area contributed by atoms with Gasteiger partial charge in [-0.3, -0.25) is 0 Å². The van der Waals surface area contributed by atoms with Crippen LogP contribution in [0.3, 0.4) is 0 Å². The van der Waals surface area contributed by atoms with Crippen LogP contribution in [-0.2, 0) is 7.05 Å². The third-order valence-electron chi connectivity index (χ3n) is 2.67. The van der Waals surface area contributed by atoms with Gasteiger partial charge in [-0.1, -0.05) is 0 Å². The number of fused-ring (bicyclic) bond motifs is 3. The first-order chi connectivity index (χ1) is 7.25. The monoisotopic (exact) mass is 215 g/mol. The van der Waals surface area contributed by atoms with Crippen LogP contribution in [0.2, 0.25) is 0 Å². The number of pyridine rings is 1. The Morgan fingerprint density at radius 2 is 2.20 bits per heavy atom. The van der Waals surface area contributed by atoms with Crippen molar-refractivity contribution >= 4 is 32.5 Å². The number of nitrogens with zero attached hydrogens (tertiary/aromatic N) is 2. The number of hydrogen-bond acceptors (Lipinski definition) is 2. The molecule has 0 spiro atoms. The summed E-state index contributed by atoms with van der Waals surface area (Å²) in [5.41, 5.74) is 5.54. The molecule has 3 heteroatoms. The number of rotatable bonds is 0. The molecule has 0 N–H and O–H groups in total. The van der Waals surface area contributed by atoms with Crippen LogP contribution in [0, 0.1) is 6.92 Å². The second-order valence-electron chi connectivity index (χ2n) is 3.83. The average molecular weight is 215 g/mol. The normalized spacial score (nSPS) is 11.3. The molecule has 0 aliphatic rings. The minimum Gasteiger partial charge on any atom is -0.244 e. The van der Waals surface area contributed by atoms with Crippen molar-refractivity contribution in [3.05, 3.63) is 35.5 Å². The van der Waals surface area contributed by atoms with E-state index in [1.165, 1.54) is 21.2 Å². The minimum absolute atomic E-state index is 1.12. The van der Waals surface area contributed by atoms with Crippen LogP contribution in [-0.4, -0.2) is 4.98 Å². The Bertz CT molecular complexity index is 655. The first kappa shape index (κ1) is 8.80. The van der Waals surface area contributed by atoms with Gasteiger partial charge in [-0.25, -0.2) is 9.55 Å². The first-order valence-corrected chi connectivity index (χ1v) is 5.76. The molecule has 15 heavy (non-hydrogen) atoms. The molecule has 3 aromatic rings. The molecule has 3 rings (SSSR count). The Kier molecular flexibility index (Phi) is 1.76. The molecule has 0 fully saturated rings. The van der Waals surface area contributed by atoms with E-state index in [4.69, 9.17) is 0 Å². The topological polar surface area (TPSA) is 16.8 Å². The second-order valence-corrected chi connectivity index (χ2v) is 4.71. The Labute approximate surface area is 91.8 Å². The highest BCUT2D eigenvalue weighted by molar-refractivity contribution is 7.16. The molecule has 0 radical (unpaired) electrons. The van der Waals surface area contributed by atoms with E-state index in [0.29, 0.717) is 0 Å². The summed E-state index contributed by atoms with van der Waals surface area (Å²) in [5, 5.41) is 1.25. The van der Waals surface area contributed by atoms with Gasteiger partial charge in [-0.15, -0.1) is 11.3 Å². The lowest BCUT2D eigenvalue weighted by atomic mass is 10.1. The molecule has 0 bridgehead atoms. The van der Waals surface area contributed by atoms with Crippen LogP contribution in [0.4, 0.5) is 0 Å². The van der Waals surface area contributed by atoms with Crippen molar-refractivity contribution in [3.8, 4) is 0 Å². The summed E-state index contributed by atoms with van der Waals surface area (Å²) < 4.78 is 3.41. The molecule has 0 amide bonds. The van der Waals surface area contributed by atoms with E-state index >= 15 is 0 Å². The van der Waals surface area contributed by atoms with E-state index in [1.54, 1.807) is 11.3 Å². The van der Waals surface area contributed by atoms with E-state index in [1.807, 2.05) is 5.51 Å². The third kappa shape index (κ3) is 1.23. The smallest absolute Gasteiger partial charge is 0.214 e. The Hall–Kier alpha value is -1.48. The maximum atomic E-state index is 4.43. The number of aromatic nitrogens is 2. The lowest BCUT2D eigenvalue weighted by Gasteiger charge is -1.99. The van der Waals surface area contributed by atoms with Gasteiger partial charge >= 0.3 is 0 Å². The minimum atomic E-state index is 1.12. The summed E-state index contributed by atoms with van der Waals surface area (Å²) in [5.74, 6) is 0. The molecular weight excluding hydrogens is 204 g/mol. The first-order valence-electron chi connectivity index (χ1n) is 4.88. The predicted molar refractivity (Wildman–Crippen MR) is 63.0 cm³/mol. The highest BCUT2D eigenvalue weighted by Crippen LogP contribution is 2.25. The molecule has 0 unspecified atom stereocenters. The van der Waals surface area contributed by atoms with Gasteiger partial charge in [-0.05, 0) is 19.1 Å². The fourth-order valence-electron chi connectivity index (χ4n) is 2.03. The summed E-state index contributed by atoms with van der Waals surface area (Å²) in [6.45, 7) is 2.12. The van der Waals surface area contributed by atoms with Crippen molar-refractivity contribution in [3.63, 3.8) is 0 Å². The standard InChI is InChI=1S/C12H11N2S/c1-8-5-9-10(14(2)6-8)3-4-11-12(9)13-7-15-11/h3-7H,1-2H3/q+1. The zero-order chi connectivity index (χ0) is 10.4. The fourth-order valence-corrected chi connectivity index (χ4v) is 2.72.